The van der Waals surface area contributed by atoms with Crippen molar-refractivity contribution < 1.29 is 19.0 Å². The fraction of sp³-hybridized carbons (Fsp3) is 0.216. The van der Waals surface area contributed by atoms with Crippen LogP contribution in [0.15, 0.2) is 104 Å². The second kappa shape index (κ2) is 11.5. The molecular formula is C37H30N2O8. The molecule has 0 atom stereocenters. The molecule has 1 fully saturated rings. The topological polar surface area (TPSA) is 123 Å². The number of carbonyl (C=O) groups is 1. The summed E-state index contributed by atoms with van der Waals surface area (Å²) in [5.74, 6) is 1.29. The highest BCUT2D eigenvalue weighted by atomic mass is 16.7. The van der Waals surface area contributed by atoms with Gasteiger partial charge < -0.3 is 14.2 Å². The molecule has 10 nitrogen and oxygen atoms in total. The third-order valence-electron chi connectivity index (χ3n) is 9.35. The maximum Gasteiger partial charge on any atom is 0.519 e. The Hall–Kier alpha value is -5.77. The first-order valence-electron chi connectivity index (χ1n) is 15.3. The molecule has 2 heterocycles. The summed E-state index contributed by atoms with van der Waals surface area (Å²) in [5, 5.41) is 0.251. The predicted molar refractivity (Wildman–Crippen MR) is 177 cm³/mol. The Balaban J connectivity index is 1.08. The third-order valence-corrected chi connectivity index (χ3v) is 9.35. The van der Waals surface area contributed by atoms with Gasteiger partial charge in [-0.1, -0.05) is 43.5 Å². The predicted octanol–water partition coefficient (Wildman–Crippen LogP) is 5.28. The number of ether oxygens (including phenoxy) is 3. The molecule has 0 bridgehead atoms. The van der Waals surface area contributed by atoms with Gasteiger partial charge in [0.15, 0.2) is 0 Å². The van der Waals surface area contributed by atoms with Crippen LogP contribution in [0.2, 0.25) is 0 Å². The Morgan fingerprint density at radius 1 is 0.596 bits per heavy atom. The van der Waals surface area contributed by atoms with E-state index < -0.39 is 28.4 Å². The molecule has 1 aliphatic carbocycles. The highest BCUT2D eigenvalue weighted by molar-refractivity contribution is 5.98. The Morgan fingerprint density at radius 2 is 1.02 bits per heavy atom. The van der Waals surface area contributed by atoms with Crippen molar-refractivity contribution in [1.29, 1.82) is 0 Å². The fourth-order valence-corrected chi connectivity index (χ4v) is 6.86. The van der Waals surface area contributed by atoms with Gasteiger partial charge >= 0.3 is 6.16 Å². The lowest BCUT2D eigenvalue weighted by atomic mass is 9.65. The van der Waals surface area contributed by atoms with E-state index in [4.69, 9.17) is 14.2 Å². The number of aromatic nitrogens is 2. The van der Waals surface area contributed by atoms with Gasteiger partial charge in [0.25, 0.3) is 22.2 Å². The van der Waals surface area contributed by atoms with Gasteiger partial charge in [-0.15, -0.1) is 0 Å². The minimum atomic E-state index is -0.942. The number of hydrogen-bond acceptors (Lipinski definition) is 8. The van der Waals surface area contributed by atoms with Gasteiger partial charge in [0.2, 0.25) is 0 Å². The van der Waals surface area contributed by atoms with Crippen LogP contribution in [0.1, 0.15) is 43.2 Å². The van der Waals surface area contributed by atoms with Crippen LogP contribution in [0, 0.1) is 0 Å². The molecule has 47 heavy (non-hydrogen) atoms. The first kappa shape index (κ1) is 29.9. The van der Waals surface area contributed by atoms with E-state index in [-0.39, 0.29) is 38.4 Å². The van der Waals surface area contributed by atoms with Crippen LogP contribution in [-0.2, 0) is 12.5 Å². The lowest BCUT2D eigenvalue weighted by Crippen LogP contribution is -2.30. The summed E-state index contributed by atoms with van der Waals surface area (Å²) in [6.07, 6.45) is 4.57. The van der Waals surface area contributed by atoms with E-state index in [1.54, 1.807) is 19.2 Å². The minimum Gasteiger partial charge on any atom is -0.497 e. The van der Waals surface area contributed by atoms with Crippen molar-refractivity contribution in [3.8, 4) is 22.9 Å². The summed E-state index contributed by atoms with van der Waals surface area (Å²) in [6, 6.07) is 24.1. The minimum absolute atomic E-state index is 0.0403. The second-order valence-corrected chi connectivity index (χ2v) is 11.9. The molecule has 7 rings (SSSR count). The van der Waals surface area contributed by atoms with Crippen LogP contribution >= 0.6 is 0 Å². The van der Waals surface area contributed by atoms with Crippen molar-refractivity contribution in [1.82, 2.24) is 9.13 Å². The lowest BCUT2D eigenvalue weighted by Gasteiger charge is -2.38. The number of methoxy groups -OCH3 is 1. The Labute approximate surface area is 267 Å². The van der Waals surface area contributed by atoms with E-state index in [1.807, 2.05) is 24.3 Å². The zero-order valence-electron chi connectivity index (χ0n) is 25.8. The van der Waals surface area contributed by atoms with Gasteiger partial charge in [0.1, 0.15) is 17.2 Å². The first-order valence-corrected chi connectivity index (χ1v) is 15.3. The van der Waals surface area contributed by atoms with Gasteiger partial charge in [-0.2, -0.15) is 0 Å². The molecule has 0 aliphatic heterocycles. The summed E-state index contributed by atoms with van der Waals surface area (Å²) in [5.41, 5.74) is 0.184. The van der Waals surface area contributed by atoms with E-state index in [0.29, 0.717) is 5.75 Å². The van der Waals surface area contributed by atoms with Crippen molar-refractivity contribution in [3.05, 3.63) is 137 Å². The smallest absolute Gasteiger partial charge is 0.497 e. The van der Waals surface area contributed by atoms with E-state index >= 15 is 0 Å². The average molecular weight is 631 g/mol. The van der Waals surface area contributed by atoms with Crippen LogP contribution in [0.5, 0.6) is 17.2 Å². The molecule has 236 valence electrons. The summed E-state index contributed by atoms with van der Waals surface area (Å²) in [6.45, 7) is 0. The highest BCUT2D eigenvalue weighted by Gasteiger charge is 2.35. The molecule has 0 amide bonds. The third kappa shape index (κ3) is 5.02. The zero-order chi connectivity index (χ0) is 32.9. The summed E-state index contributed by atoms with van der Waals surface area (Å²) in [7, 11) is 3.00. The molecule has 10 heteroatoms. The Morgan fingerprint density at radius 3 is 1.49 bits per heavy atom. The molecule has 0 unspecified atom stereocenters. The summed E-state index contributed by atoms with van der Waals surface area (Å²) in [4.78, 5) is 63.8. The van der Waals surface area contributed by atoms with Gasteiger partial charge in [0, 0.05) is 12.5 Å². The van der Waals surface area contributed by atoms with Crippen LogP contribution in [0.4, 0.5) is 4.79 Å². The molecule has 0 saturated heterocycles. The highest BCUT2D eigenvalue weighted by Crippen LogP contribution is 2.45. The number of nitrogens with zero attached hydrogens (tertiary/aromatic N) is 2. The van der Waals surface area contributed by atoms with Crippen molar-refractivity contribution in [2.45, 2.75) is 37.5 Å². The van der Waals surface area contributed by atoms with Crippen molar-refractivity contribution >= 4 is 27.7 Å². The van der Waals surface area contributed by atoms with Crippen molar-refractivity contribution in [2.24, 2.45) is 7.05 Å². The molecular weight excluding hydrogens is 600 g/mol. The van der Waals surface area contributed by atoms with Crippen LogP contribution in [-0.4, -0.2) is 22.4 Å². The molecule has 0 N–H and O–H groups in total. The number of rotatable bonds is 6. The number of carbonyl (C=O) groups excluding carboxylic acids is 1. The van der Waals surface area contributed by atoms with Gasteiger partial charge in [-0.05, 0) is 84.6 Å². The fourth-order valence-electron chi connectivity index (χ4n) is 6.86. The molecule has 0 radical (unpaired) electrons. The molecule has 6 aromatic rings. The monoisotopic (exact) mass is 630 g/mol. The Kier molecular flexibility index (Phi) is 7.35. The number of benzene rings is 4. The lowest BCUT2D eigenvalue weighted by molar-refractivity contribution is 0.152. The van der Waals surface area contributed by atoms with Crippen molar-refractivity contribution in [2.75, 3.05) is 7.11 Å². The Bertz CT molecular complexity index is 2270. The molecule has 1 saturated carbocycles. The van der Waals surface area contributed by atoms with Gasteiger partial charge in [0.05, 0.1) is 34.3 Å². The molecule has 2 aromatic heterocycles. The number of hydrogen-bond donors (Lipinski definition) is 0. The quantitative estimate of drug-likeness (QED) is 0.180. The van der Waals surface area contributed by atoms with E-state index in [9.17, 15) is 24.0 Å². The second-order valence-electron chi connectivity index (χ2n) is 11.9. The standard InChI is InChI=1S/C37H30N2O8/c1-38-32(40)28-20-30-31(21-29(28)33(38)41)35(43)39(34(30)42)24-10-16-27(17-11-24)47-36(44)46-26-14-8-23(9-15-26)37(18-4-3-5-19-37)22-6-12-25(45-2)13-7-22/h6-17,20-21H,3-5,18-19H2,1-2H3. The molecule has 4 aromatic carbocycles. The average Bonchev–Trinajstić information content (AvgIpc) is 3.47. The molecule has 0 spiro atoms. The van der Waals surface area contributed by atoms with Crippen LogP contribution in [0.3, 0.4) is 0 Å². The van der Waals surface area contributed by atoms with E-state index in [1.165, 1.54) is 55.4 Å². The zero-order valence-corrected chi connectivity index (χ0v) is 25.8. The summed E-state index contributed by atoms with van der Waals surface area (Å²) < 4.78 is 18.0. The van der Waals surface area contributed by atoms with Crippen LogP contribution < -0.4 is 36.4 Å². The summed E-state index contributed by atoms with van der Waals surface area (Å²) >= 11 is 0. The maximum absolute atomic E-state index is 13.2. The maximum atomic E-state index is 13.2. The number of fused-ring (bicyclic) bond motifs is 2. The van der Waals surface area contributed by atoms with Crippen molar-refractivity contribution in [3.63, 3.8) is 0 Å². The van der Waals surface area contributed by atoms with Crippen LogP contribution in [0.25, 0.3) is 27.2 Å². The largest absolute Gasteiger partial charge is 0.519 e. The SMILES string of the molecule is COc1ccc(C2(c3ccc(OC(=O)Oc4ccc(-n5c(=O)c6cc7c(=O)n(C)c(=O)c7cc6c5=O)cc4)cc3)CCCCC2)cc1. The normalized spacial score (nSPS) is 14.3. The van der Waals surface area contributed by atoms with E-state index in [0.717, 1.165) is 46.1 Å². The van der Waals surface area contributed by atoms with Gasteiger partial charge in [-0.3, -0.25) is 23.7 Å². The molecule has 1 aliphatic rings. The van der Waals surface area contributed by atoms with E-state index in [2.05, 4.69) is 12.1 Å². The van der Waals surface area contributed by atoms with Gasteiger partial charge in [-0.25, -0.2) is 9.36 Å². The first-order chi connectivity index (χ1) is 22.7.